The number of benzene rings is 7. The summed E-state index contributed by atoms with van der Waals surface area (Å²) in [6.07, 6.45) is 18.2. The number of hydrogen-bond donors (Lipinski definition) is 12. The van der Waals surface area contributed by atoms with Crippen LogP contribution in [0.15, 0.2) is 206 Å². The number of carbonyl (C=O) groups excluding carboxylic acids is 8. The normalized spacial score (nSPS) is 19.8. The molecule has 8 amide bonds. The van der Waals surface area contributed by atoms with Crippen molar-refractivity contribution >= 4 is 128 Å². The summed E-state index contributed by atoms with van der Waals surface area (Å²) < 4.78 is 36.8. The summed E-state index contributed by atoms with van der Waals surface area (Å²) in [5, 5.41) is 45.6. The van der Waals surface area contributed by atoms with E-state index in [0.29, 0.717) is 43.5 Å². The number of nitrogens with one attached hydrogen (secondary N) is 8. The number of rotatable bonds is 32. The van der Waals surface area contributed by atoms with Crippen LogP contribution in [0.25, 0.3) is 32.4 Å². The first-order valence-corrected chi connectivity index (χ1v) is 44.2. The molecule has 8 atom stereocenters. The van der Waals surface area contributed by atoms with E-state index in [9.17, 15) is 52.0 Å². The Kier molecular flexibility index (Phi) is 30.2. The van der Waals surface area contributed by atoms with E-state index in [-0.39, 0.29) is 85.5 Å². The lowest BCUT2D eigenvalue weighted by Gasteiger charge is -2.27. The van der Waals surface area contributed by atoms with Crippen LogP contribution in [-0.2, 0) is 78.6 Å². The van der Waals surface area contributed by atoms with E-state index in [1.165, 1.54) is 35.6 Å². The van der Waals surface area contributed by atoms with Crippen molar-refractivity contribution in [1.29, 1.82) is 0 Å². The van der Waals surface area contributed by atoms with Crippen molar-refractivity contribution in [2.45, 2.75) is 171 Å². The van der Waals surface area contributed by atoms with E-state index in [2.05, 4.69) is 152 Å². The summed E-state index contributed by atoms with van der Waals surface area (Å²) in [6.45, 7) is 11.6. The number of allylic oxidation sites excluding steroid dienone is 8. The Morgan fingerprint density at radius 1 is 0.661 bits per heavy atom. The Morgan fingerprint density at radius 2 is 1.29 bits per heavy atom. The van der Waals surface area contributed by atoms with Crippen LogP contribution in [0.5, 0.6) is 5.75 Å². The second-order valence-electron chi connectivity index (χ2n) is 31.3. The van der Waals surface area contributed by atoms with Gasteiger partial charge in [0.1, 0.15) is 48.5 Å². The number of carbonyl (C=O) groups is 8. The van der Waals surface area contributed by atoms with Gasteiger partial charge in [-0.3, -0.25) is 38.4 Å². The molecule has 25 nitrogen and oxygen atoms in total. The highest BCUT2D eigenvalue weighted by Crippen LogP contribution is 2.51. The molecule has 622 valence electrons. The van der Waals surface area contributed by atoms with Gasteiger partial charge in [0.25, 0.3) is 0 Å². The van der Waals surface area contributed by atoms with Crippen LogP contribution in [-0.4, -0.2) is 171 Å². The Hall–Kier alpha value is -10.9. The minimum atomic E-state index is -4.33. The van der Waals surface area contributed by atoms with Gasteiger partial charge in [0.15, 0.2) is 5.71 Å². The lowest BCUT2D eigenvalue weighted by Crippen LogP contribution is -2.61. The second kappa shape index (κ2) is 40.5. The molecule has 14 N–H and O–H groups in total. The number of aliphatic hydroxyl groups excluding tert-OH is 1. The molecule has 11 rings (SSSR count). The van der Waals surface area contributed by atoms with Crippen molar-refractivity contribution < 1.29 is 66.1 Å². The number of hydrogen-bond acceptors (Lipinski definition) is 17. The first kappa shape index (κ1) is 87.9. The van der Waals surface area contributed by atoms with Gasteiger partial charge >= 0.3 is 0 Å². The number of aromatic amines is 1. The zero-order chi connectivity index (χ0) is 84.3. The average molecular weight is 1660 g/mol. The molecule has 3 aliphatic rings. The zero-order valence-corrected chi connectivity index (χ0v) is 69.5. The van der Waals surface area contributed by atoms with Crippen LogP contribution in [0.2, 0.25) is 0 Å². The summed E-state index contributed by atoms with van der Waals surface area (Å²) >= 11 is 0. The molecule has 8 aromatic rings. The second-order valence-corrected chi connectivity index (χ2v) is 35.4. The molecule has 1 aromatic heterocycles. The number of anilines is 1. The third kappa shape index (κ3) is 22.7. The van der Waals surface area contributed by atoms with Gasteiger partial charge in [-0.2, -0.15) is 4.58 Å². The van der Waals surface area contributed by atoms with E-state index >= 15 is 9.59 Å². The number of unbranched alkanes of at least 4 members (excludes halogenated alkanes) is 4. The van der Waals surface area contributed by atoms with E-state index in [4.69, 9.17) is 11.5 Å². The van der Waals surface area contributed by atoms with Crippen LogP contribution in [0.3, 0.4) is 0 Å². The number of primary amides is 1. The highest BCUT2D eigenvalue weighted by Gasteiger charge is 2.46. The molecule has 0 radical (unpaired) electrons. The largest absolute Gasteiger partial charge is 0.748 e. The van der Waals surface area contributed by atoms with Gasteiger partial charge < -0.3 is 73.3 Å². The molecule has 1 fully saturated rings. The number of H-pyrrole nitrogens is 1. The Labute approximate surface area is 696 Å². The van der Waals surface area contributed by atoms with E-state index < -0.39 is 106 Å². The maximum absolute atomic E-state index is 15.2. The van der Waals surface area contributed by atoms with Crippen molar-refractivity contribution in [2.75, 3.05) is 41.8 Å². The molecular weight excluding hydrogens is 1550 g/mol. The number of aliphatic hydroxyl groups is 1. The number of nitrogens with zero attached hydrogens (tertiary/aromatic N) is 2. The molecule has 0 saturated carbocycles. The number of para-hydroxylation sites is 1. The summed E-state index contributed by atoms with van der Waals surface area (Å²) in [7, 11) is -2.27. The third-order valence-corrected chi connectivity index (χ3v) is 25.1. The minimum Gasteiger partial charge on any atom is -0.748 e. The lowest BCUT2D eigenvalue weighted by atomic mass is 9.79. The van der Waals surface area contributed by atoms with E-state index in [1.807, 2.05) is 72.8 Å². The molecule has 4 heterocycles. The van der Waals surface area contributed by atoms with Crippen molar-refractivity contribution in [3.8, 4) is 5.75 Å². The summed E-state index contributed by atoms with van der Waals surface area (Å²) in [4.78, 5) is 120. The first-order valence-electron chi connectivity index (χ1n) is 40.1. The smallest absolute Gasteiger partial charge is 0.244 e. The van der Waals surface area contributed by atoms with Gasteiger partial charge in [0.05, 0.1) is 27.7 Å². The molecule has 118 heavy (non-hydrogen) atoms. The maximum atomic E-state index is 15.2. The Bertz CT molecular complexity index is 5260. The zero-order valence-electron chi connectivity index (χ0n) is 67.1. The summed E-state index contributed by atoms with van der Waals surface area (Å²) in [6, 6.07) is 37.9. The van der Waals surface area contributed by atoms with Crippen LogP contribution in [0.1, 0.15) is 120 Å². The molecular formula is C90H106N12O13S3. The van der Waals surface area contributed by atoms with E-state index in [0.717, 1.165) is 89.8 Å². The highest BCUT2D eigenvalue weighted by molar-refractivity contribution is 8.76. The van der Waals surface area contributed by atoms with E-state index in [1.54, 1.807) is 42.6 Å². The summed E-state index contributed by atoms with van der Waals surface area (Å²) in [5.41, 5.74) is 20.8. The molecule has 0 aliphatic carbocycles. The van der Waals surface area contributed by atoms with Crippen molar-refractivity contribution in [3.63, 3.8) is 0 Å². The fourth-order valence-electron chi connectivity index (χ4n) is 15.8. The predicted octanol–water partition coefficient (Wildman–Crippen LogP) is 9.30. The SMILES string of the molecule is C[C@@H](O)[C@H](NC(=O)[C@@H]1CSSC[C@H](NC(=O)[C@H](N)Cc2ccccc2)C(=O)N[C@@H](Cc2ccc(O)cc2)C(=O)N[C@H](Cc2c[nH]c3ccccc23)C(=O)N[C@@H](CCCCNC(=O)CCCCCN2\C(=C/C=C/C=C/C=C/C3=[N+](CCCCS(=O)(=O)[O-])c4ccc5ccccc5c4C3(C)C)C(C)(C)c3c2ccc2ccccc32)C(=O)N1)C(N)=O. The standard InChI is InChI=1S/C90H106N12O13S3/c1-57(103)81(82(92)106)100-88(112)73-56-117-116-55-72(98-83(107)67(91)51-58-27-11-9-12-28-58)87(111)96-70(52-59-39-43-63(104)44-40-59)85(109)97-71(53-62-54-94-68-34-21-20-31-64(62)68)86(110)95-69(84(108)99-73)35-22-23-47-93-78(105)38-15-10-24-48-101-74-45-41-60-29-16-18-32-65(60)79(74)89(2,3)76(101)36-13-7-6-8-14-37-77-90(4,5)80-66-33-19-17-30-61(66)42-46-75(80)102(77)49-25-26-50-118(113,114)115/h6-9,11-14,16-21,27-34,36-37,39-46,54,57,67,69-73,81,94,103H,10,15,22-26,35,38,47-53,55-56,91H2,1-5H3,(H10-,92,93,95,96,97,98,99,100,104,105,106,107,108,109,110,111,112,113,114,115)/t57-,67-,69+,70+,71-,72+,73+,81+/m1/s1. The molecule has 28 heteroatoms. The van der Waals surface area contributed by atoms with Crippen molar-refractivity contribution in [3.05, 3.63) is 234 Å². The molecule has 1 saturated heterocycles. The first-order chi connectivity index (χ1) is 56.6. The van der Waals surface area contributed by atoms with Gasteiger partial charge in [-0.1, -0.05) is 187 Å². The van der Waals surface area contributed by atoms with Gasteiger partial charge in [-0.05, 0) is 146 Å². The number of phenols is 1. The Morgan fingerprint density at radius 3 is 2.00 bits per heavy atom. The topological polar surface area (TPSA) is 393 Å². The predicted molar refractivity (Wildman–Crippen MR) is 465 cm³/mol. The minimum absolute atomic E-state index is 0.0340. The molecule has 0 unspecified atom stereocenters. The Balaban J connectivity index is 0.762. The number of fused-ring (bicyclic) bond motifs is 7. The van der Waals surface area contributed by atoms with Crippen LogP contribution in [0.4, 0.5) is 11.4 Å². The van der Waals surface area contributed by atoms with Crippen LogP contribution < -0.4 is 53.6 Å². The molecule has 0 spiro atoms. The fraction of sp³-hybridized carbons (Fsp3) is 0.367. The molecule has 7 aromatic carbocycles. The van der Waals surface area contributed by atoms with Crippen molar-refractivity contribution in [1.82, 2.24) is 42.2 Å². The third-order valence-electron chi connectivity index (χ3n) is 21.9. The van der Waals surface area contributed by atoms with Gasteiger partial charge in [0, 0.05) is 108 Å². The highest BCUT2D eigenvalue weighted by atomic mass is 33.1. The maximum Gasteiger partial charge on any atom is 0.244 e. The number of phenolic OH excluding ortho intramolecular Hbond substituents is 1. The van der Waals surface area contributed by atoms with Gasteiger partial charge in [-0.25, -0.2) is 8.42 Å². The molecule has 3 aliphatic heterocycles. The number of aromatic hydroxyl groups is 1. The monoisotopic (exact) mass is 1660 g/mol. The molecule has 0 bridgehead atoms. The lowest BCUT2D eigenvalue weighted by molar-refractivity contribution is -0.438. The quantitative estimate of drug-likeness (QED) is 0.00614. The van der Waals surface area contributed by atoms with Gasteiger partial charge in [-0.15, -0.1) is 0 Å². The fourth-order valence-corrected chi connectivity index (χ4v) is 18.7. The number of amides is 8. The van der Waals surface area contributed by atoms with Crippen molar-refractivity contribution in [2.24, 2.45) is 11.5 Å². The number of aromatic nitrogens is 1. The summed E-state index contributed by atoms with van der Waals surface area (Å²) in [5.74, 6) is -6.94. The average Bonchev–Trinajstić information content (AvgIpc) is 1.58. The van der Waals surface area contributed by atoms with Crippen LogP contribution in [0, 0.1) is 0 Å². The van der Waals surface area contributed by atoms with Crippen LogP contribution >= 0.6 is 21.6 Å². The number of nitrogens with two attached hydrogens (primary N) is 2. The van der Waals surface area contributed by atoms with Gasteiger partial charge in [0.2, 0.25) is 52.9 Å².